The molecule has 0 spiro atoms. The average molecular weight is 167 g/mol. The highest BCUT2D eigenvalue weighted by molar-refractivity contribution is 5.74. The summed E-state index contributed by atoms with van der Waals surface area (Å²) in [5.41, 5.74) is 0. The Morgan fingerprint density at radius 1 is 1.82 bits per heavy atom. The third kappa shape index (κ3) is 3.92. The van der Waals surface area contributed by atoms with Crippen LogP contribution in [0.2, 0.25) is 0 Å². The molecule has 0 aromatic heterocycles. The number of carbonyl (C=O) groups excluding carboxylic acids is 1. The minimum Gasteiger partial charge on any atom is -0.303 e. The van der Waals surface area contributed by atoms with Gasteiger partial charge in [-0.3, -0.25) is 9.63 Å². The topological polar surface area (TPSA) is 64.8 Å². The number of nitrogens with two attached hydrogens (primary N) is 1. The zero-order chi connectivity index (χ0) is 11.2. The number of hydrogen-bond donors (Lipinski definition) is 1. The van der Waals surface area contributed by atoms with E-state index in [1.165, 1.54) is 7.11 Å². The average Bonchev–Trinajstić information content (AvgIpc) is 2.02. The molecule has 0 saturated carbocycles. The summed E-state index contributed by atoms with van der Waals surface area (Å²) in [6, 6.07) is 0. The minimum atomic E-state index is -2.29. The number of hydrogen-bond acceptors (Lipinski definition) is 4. The molecular weight excluding hydrogens is 150 g/mol. The first-order chi connectivity index (χ1) is 6.40. The van der Waals surface area contributed by atoms with Gasteiger partial charge in [0.25, 0.3) is 0 Å². The van der Waals surface area contributed by atoms with Crippen LogP contribution in [0, 0.1) is 0 Å². The van der Waals surface area contributed by atoms with Crippen molar-refractivity contribution in [2.45, 2.75) is 13.3 Å². The zero-order valence-electron chi connectivity index (χ0n) is 9.37. The van der Waals surface area contributed by atoms with Crippen molar-refractivity contribution in [2.24, 2.45) is 5.90 Å². The van der Waals surface area contributed by atoms with Crippen molar-refractivity contribution in [3.63, 3.8) is 0 Å². The highest BCUT2D eigenvalue weighted by Crippen LogP contribution is 1.92. The van der Waals surface area contributed by atoms with Crippen LogP contribution in [0.4, 0.5) is 0 Å². The van der Waals surface area contributed by atoms with E-state index >= 15 is 0 Å². The maximum atomic E-state index is 11.2. The lowest BCUT2D eigenvalue weighted by Gasteiger charge is -2.17. The second kappa shape index (κ2) is 6.09. The largest absolute Gasteiger partial charge is 0.303 e. The molecule has 0 saturated heterocycles. The Balaban J connectivity index is 4.04. The molecule has 66 valence electrons. The van der Waals surface area contributed by atoms with Crippen molar-refractivity contribution in [3.05, 3.63) is 0 Å². The molecular formula is C6H14N2O3. The van der Waals surface area contributed by atoms with Gasteiger partial charge < -0.3 is 4.84 Å². The molecule has 1 amide bonds. The smallest absolute Gasteiger partial charge is 0.245 e. The van der Waals surface area contributed by atoms with Crippen molar-refractivity contribution in [2.75, 3.05) is 20.3 Å². The van der Waals surface area contributed by atoms with Crippen molar-refractivity contribution in [1.29, 1.82) is 0 Å². The van der Waals surface area contributed by atoms with Gasteiger partial charge in [-0.1, -0.05) is 6.85 Å². The molecule has 0 aliphatic heterocycles. The summed E-state index contributed by atoms with van der Waals surface area (Å²) >= 11 is 0. The fourth-order valence-corrected chi connectivity index (χ4v) is 0.542. The molecule has 0 bridgehead atoms. The van der Waals surface area contributed by atoms with E-state index in [0.29, 0.717) is 0 Å². The van der Waals surface area contributed by atoms with Crippen LogP contribution >= 0.6 is 0 Å². The minimum absolute atomic E-state index is 0.0839. The summed E-state index contributed by atoms with van der Waals surface area (Å²) in [7, 11) is 1.27. The van der Waals surface area contributed by atoms with Crippen LogP contribution in [-0.4, -0.2) is 31.2 Å². The molecule has 0 aromatic rings. The monoisotopic (exact) mass is 167 g/mol. The first kappa shape index (κ1) is 5.93. The van der Waals surface area contributed by atoms with Crippen LogP contribution in [0.1, 0.15) is 17.4 Å². The lowest BCUT2D eigenvalue weighted by molar-refractivity contribution is -0.178. The molecule has 5 heteroatoms. The maximum absolute atomic E-state index is 11.2. The number of amides is 1. The predicted octanol–water partition coefficient (Wildman–Crippen LogP) is -0.323. The highest BCUT2D eigenvalue weighted by atomic mass is 16.7. The van der Waals surface area contributed by atoms with E-state index in [9.17, 15) is 4.79 Å². The van der Waals surface area contributed by atoms with Crippen molar-refractivity contribution in [3.8, 4) is 0 Å². The lowest BCUT2D eigenvalue weighted by atomic mass is 10.6. The fraction of sp³-hybridized carbons (Fsp3) is 0.833. The maximum Gasteiger partial charge on any atom is 0.245 e. The second-order valence-electron chi connectivity index (χ2n) is 1.73. The van der Waals surface area contributed by atoms with Gasteiger partial charge in [0.2, 0.25) is 5.91 Å². The second-order valence-corrected chi connectivity index (χ2v) is 1.73. The van der Waals surface area contributed by atoms with E-state index in [4.69, 9.17) is 10.0 Å². The number of carbonyl (C=O) groups is 1. The summed E-state index contributed by atoms with van der Waals surface area (Å²) in [5, 5.41) is 0.902. The fourth-order valence-electron chi connectivity index (χ4n) is 0.542. The van der Waals surface area contributed by atoms with Gasteiger partial charge in [0.1, 0.15) is 0 Å². The van der Waals surface area contributed by atoms with Gasteiger partial charge >= 0.3 is 0 Å². The molecule has 0 unspecified atom stereocenters. The molecule has 0 fully saturated rings. The molecule has 0 radical (unpaired) electrons. The summed E-state index contributed by atoms with van der Waals surface area (Å²) in [6.07, 6.45) is -0.564. The van der Waals surface area contributed by atoms with Gasteiger partial charge in [-0.25, -0.2) is 11.0 Å². The Labute approximate surface area is 70.2 Å². The summed E-state index contributed by atoms with van der Waals surface area (Å²) in [6.45, 7) is -2.11. The van der Waals surface area contributed by atoms with E-state index in [1.807, 2.05) is 0 Å². The molecule has 0 aromatic carbocycles. The SMILES string of the molecule is [2H][13C]([2H])([2H])[13CH2]C(=O)N(CCON)OC. The van der Waals surface area contributed by atoms with Crippen LogP contribution in [0.25, 0.3) is 0 Å². The molecule has 2 N–H and O–H groups in total. The summed E-state index contributed by atoms with van der Waals surface area (Å²) < 4.78 is 20.6. The Bertz CT molecular complexity index is 186. The van der Waals surface area contributed by atoms with Gasteiger partial charge in [0, 0.05) is 10.5 Å². The Morgan fingerprint density at radius 2 is 2.55 bits per heavy atom. The first-order valence-electron chi connectivity index (χ1n) is 4.57. The Morgan fingerprint density at radius 3 is 3.00 bits per heavy atom. The zero-order valence-corrected chi connectivity index (χ0v) is 6.37. The quantitative estimate of drug-likeness (QED) is 0.450. The highest BCUT2D eigenvalue weighted by Gasteiger charge is 2.09. The van der Waals surface area contributed by atoms with E-state index in [-0.39, 0.29) is 13.2 Å². The van der Waals surface area contributed by atoms with Gasteiger partial charge in [0.15, 0.2) is 0 Å². The van der Waals surface area contributed by atoms with Crippen LogP contribution in [-0.2, 0) is 14.5 Å². The lowest BCUT2D eigenvalue weighted by Crippen LogP contribution is -2.32. The van der Waals surface area contributed by atoms with Crippen LogP contribution < -0.4 is 5.90 Å². The number of hydroxylamine groups is 2. The van der Waals surface area contributed by atoms with Crippen LogP contribution in [0.5, 0.6) is 0 Å². The molecule has 0 atom stereocenters. The van der Waals surface area contributed by atoms with Crippen molar-refractivity contribution >= 4 is 5.91 Å². The van der Waals surface area contributed by atoms with Gasteiger partial charge in [0.05, 0.1) is 20.3 Å². The first-order valence-corrected chi connectivity index (χ1v) is 3.07. The molecule has 5 nitrogen and oxygen atoms in total. The number of rotatable bonds is 5. The van der Waals surface area contributed by atoms with Crippen LogP contribution in [0.3, 0.4) is 0 Å². The van der Waals surface area contributed by atoms with Crippen LogP contribution in [0.15, 0.2) is 0 Å². The Hall–Kier alpha value is -0.650. The molecule has 0 rings (SSSR count). The normalized spacial score (nSPS) is 14.9. The van der Waals surface area contributed by atoms with E-state index in [2.05, 4.69) is 9.68 Å². The number of nitrogens with zero attached hydrogens (tertiary/aromatic N) is 1. The van der Waals surface area contributed by atoms with Gasteiger partial charge in [-0.05, 0) is 0 Å². The van der Waals surface area contributed by atoms with Crippen molar-refractivity contribution < 1.29 is 18.6 Å². The van der Waals surface area contributed by atoms with Crippen molar-refractivity contribution in [1.82, 2.24) is 5.06 Å². The van der Waals surface area contributed by atoms with Gasteiger partial charge in [-0.15, -0.1) is 0 Å². The molecule has 0 aliphatic rings. The van der Waals surface area contributed by atoms with E-state index in [0.717, 1.165) is 5.06 Å². The third-order valence-corrected chi connectivity index (χ3v) is 1.06. The molecule has 0 heterocycles. The van der Waals surface area contributed by atoms with Gasteiger partial charge in [-0.2, -0.15) is 0 Å². The molecule has 0 aliphatic carbocycles. The van der Waals surface area contributed by atoms with E-state index < -0.39 is 19.2 Å². The summed E-state index contributed by atoms with van der Waals surface area (Å²) in [5.74, 6) is 4.13. The summed E-state index contributed by atoms with van der Waals surface area (Å²) in [4.78, 5) is 20.1. The predicted molar refractivity (Wildman–Crippen MR) is 39.2 cm³/mol. The Kier molecular flexibility index (Phi) is 3.28. The van der Waals surface area contributed by atoms with E-state index in [1.54, 1.807) is 0 Å². The molecule has 11 heavy (non-hydrogen) atoms. The third-order valence-electron chi connectivity index (χ3n) is 1.06. The standard InChI is InChI=1S/C6H14N2O3/c1-3-6(9)8(10-2)4-5-11-7/h3-5,7H2,1-2H3/i1+1D3,3+1.